The fourth-order valence-corrected chi connectivity index (χ4v) is 5.80. The first kappa shape index (κ1) is 19.8. The predicted octanol–water partition coefficient (Wildman–Crippen LogP) is 4.96. The molecule has 2 aromatic carbocycles. The van der Waals surface area contributed by atoms with E-state index in [1.165, 1.54) is 4.90 Å². The number of rotatable bonds is 6. The highest BCUT2D eigenvalue weighted by molar-refractivity contribution is 8.16. The second-order valence-corrected chi connectivity index (χ2v) is 9.53. The van der Waals surface area contributed by atoms with Crippen molar-refractivity contribution in [3.05, 3.63) is 58.5 Å². The van der Waals surface area contributed by atoms with E-state index in [4.69, 9.17) is 16.3 Å². The van der Waals surface area contributed by atoms with Crippen LogP contribution in [-0.4, -0.2) is 48.0 Å². The number of fused-ring (bicyclic) bond motifs is 2. The third-order valence-electron chi connectivity index (χ3n) is 5.15. The van der Waals surface area contributed by atoms with E-state index >= 15 is 0 Å². The van der Waals surface area contributed by atoms with Crippen molar-refractivity contribution in [2.75, 3.05) is 36.9 Å². The number of benzene rings is 2. The van der Waals surface area contributed by atoms with Crippen LogP contribution in [0.5, 0.6) is 5.75 Å². The zero-order chi connectivity index (χ0) is 20.5. The Morgan fingerprint density at radius 3 is 2.97 bits per heavy atom. The summed E-state index contributed by atoms with van der Waals surface area (Å²) in [4.78, 5) is 22.4. The maximum absolute atomic E-state index is 12.7. The van der Waals surface area contributed by atoms with E-state index in [1.54, 1.807) is 23.5 Å². The van der Waals surface area contributed by atoms with Gasteiger partial charge in [0.15, 0.2) is 17.5 Å². The lowest BCUT2D eigenvalue weighted by atomic mass is 10.1. The number of halogens is 1. The van der Waals surface area contributed by atoms with E-state index in [0.717, 1.165) is 53.1 Å². The Bertz CT molecular complexity index is 1040. The maximum Gasteiger partial charge on any atom is 0.265 e. The van der Waals surface area contributed by atoms with Crippen LogP contribution in [0.15, 0.2) is 57.8 Å². The van der Waals surface area contributed by atoms with Crippen LogP contribution < -0.4 is 9.64 Å². The summed E-state index contributed by atoms with van der Waals surface area (Å²) in [6.07, 6.45) is 0.883. The highest BCUT2D eigenvalue weighted by atomic mass is 35.5. The molecule has 0 aromatic heterocycles. The molecule has 0 saturated heterocycles. The molecule has 2 aromatic rings. The van der Waals surface area contributed by atoms with E-state index in [1.807, 2.05) is 35.2 Å². The van der Waals surface area contributed by atoms with Crippen molar-refractivity contribution in [1.82, 2.24) is 4.90 Å². The zero-order valence-electron chi connectivity index (χ0n) is 16.2. The lowest BCUT2D eigenvalue weighted by molar-refractivity contribution is -0.121. The highest BCUT2D eigenvalue weighted by Crippen LogP contribution is 2.45. The number of amides is 1. The number of hydrogen-bond acceptors (Lipinski definition) is 6. The lowest BCUT2D eigenvalue weighted by Gasteiger charge is -2.32. The third kappa shape index (κ3) is 3.82. The minimum atomic E-state index is -0.0290. The van der Waals surface area contributed by atoms with E-state index in [2.05, 4.69) is 27.4 Å². The Labute approximate surface area is 189 Å². The summed E-state index contributed by atoms with van der Waals surface area (Å²) in [5.74, 6) is 1.64. The largest absolute Gasteiger partial charge is 0.481 e. The number of anilines is 1. The molecule has 0 aliphatic carbocycles. The summed E-state index contributed by atoms with van der Waals surface area (Å²) < 4.78 is 5.92. The predicted molar refractivity (Wildman–Crippen MR) is 126 cm³/mol. The van der Waals surface area contributed by atoms with Crippen molar-refractivity contribution >= 4 is 57.6 Å². The van der Waals surface area contributed by atoms with Crippen LogP contribution in [0.3, 0.4) is 0 Å². The summed E-state index contributed by atoms with van der Waals surface area (Å²) >= 11 is 9.90. The topological polar surface area (TPSA) is 45.1 Å². The molecule has 154 valence electrons. The summed E-state index contributed by atoms with van der Waals surface area (Å²) in [7, 11) is 0. The molecule has 3 aliphatic heterocycles. The van der Waals surface area contributed by atoms with Gasteiger partial charge in [0.1, 0.15) is 0 Å². The van der Waals surface area contributed by atoms with Crippen LogP contribution in [0.4, 0.5) is 5.69 Å². The Morgan fingerprint density at radius 1 is 1.23 bits per heavy atom. The van der Waals surface area contributed by atoms with Crippen molar-refractivity contribution in [3.8, 4) is 5.75 Å². The Kier molecular flexibility index (Phi) is 5.67. The van der Waals surface area contributed by atoms with Crippen LogP contribution in [0, 0.1) is 0 Å². The monoisotopic (exact) mass is 457 g/mol. The van der Waals surface area contributed by atoms with Gasteiger partial charge in [0, 0.05) is 34.0 Å². The number of nitrogens with zero attached hydrogens (tertiary/aromatic N) is 3. The highest BCUT2D eigenvalue weighted by Gasteiger charge is 2.33. The van der Waals surface area contributed by atoms with Gasteiger partial charge in [-0.05, 0) is 36.4 Å². The fraction of sp³-hybridized carbons (Fsp3) is 0.273. The van der Waals surface area contributed by atoms with Gasteiger partial charge in [-0.2, -0.15) is 0 Å². The summed E-state index contributed by atoms with van der Waals surface area (Å²) in [5, 5.41) is 3.70. The molecule has 1 amide bonds. The van der Waals surface area contributed by atoms with Gasteiger partial charge in [0.25, 0.3) is 5.91 Å². The van der Waals surface area contributed by atoms with Gasteiger partial charge in [-0.3, -0.25) is 9.79 Å². The standard InChI is InChI=1S/C22H20ClN3O2S2/c23-15-11-17(19-14-30-22-24-7-9-26(19)22)21-18(12-15)25(20(27)13-28-21)8-4-10-29-16-5-2-1-3-6-16/h1-3,5-6,11-12,14H,4,7-10,13H2. The number of aliphatic imine (C=N–C) groups is 1. The molecule has 3 aliphatic rings. The first-order valence-electron chi connectivity index (χ1n) is 9.84. The number of ether oxygens (including phenoxy) is 1. The van der Waals surface area contributed by atoms with Gasteiger partial charge in [-0.15, -0.1) is 11.8 Å². The molecule has 0 spiro atoms. The number of amidine groups is 1. The van der Waals surface area contributed by atoms with E-state index in [-0.39, 0.29) is 12.5 Å². The number of carbonyl (C=O) groups is 1. The molecule has 0 fully saturated rings. The average Bonchev–Trinajstić information content (AvgIpc) is 3.36. The first-order valence-corrected chi connectivity index (χ1v) is 12.1. The first-order chi connectivity index (χ1) is 14.7. The Balaban J connectivity index is 1.36. The maximum atomic E-state index is 12.7. The van der Waals surface area contributed by atoms with Crippen LogP contribution in [0.2, 0.25) is 5.02 Å². The normalized spacial score (nSPS) is 17.4. The minimum Gasteiger partial charge on any atom is -0.481 e. The van der Waals surface area contributed by atoms with Gasteiger partial charge < -0.3 is 14.5 Å². The number of hydrogen-bond donors (Lipinski definition) is 0. The van der Waals surface area contributed by atoms with E-state index in [0.29, 0.717) is 11.6 Å². The molecular formula is C22H20ClN3O2S2. The van der Waals surface area contributed by atoms with Crippen molar-refractivity contribution in [2.24, 2.45) is 4.99 Å². The van der Waals surface area contributed by atoms with Gasteiger partial charge in [0.2, 0.25) is 0 Å². The minimum absolute atomic E-state index is 0.0290. The zero-order valence-corrected chi connectivity index (χ0v) is 18.6. The molecular weight excluding hydrogens is 438 g/mol. The van der Waals surface area contributed by atoms with Crippen LogP contribution in [0.1, 0.15) is 12.0 Å². The van der Waals surface area contributed by atoms with Gasteiger partial charge >= 0.3 is 0 Å². The smallest absolute Gasteiger partial charge is 0.265 e. The van der Waals surface area contributed by atoms with Crippen molar-refractivity contribution in [3.63, 3.8) is 0 Å². The van der Waals surface area contributed by atoms with E-state index < -0.39 is 0 Å². The van der Waals surface area contributed by atoms with Crippen LogP contribution in [-0.2, 0) is 4.79 Å². The van der Waals surface area contributed by atoms with Gasteiger partial charge in [-0.25, -0.2) is 0 Å². The molecule has 5 nitrogen and oxygen atoms in total. The molecule has 0 unspecified atom stereocenters. The van der Waals surface area contributed by atoms with Crippen molar-refractivity contribution in [2.45, 2.75) is 11.3 Å². The van der Waals surface area contributed by atoms with Gasteiger partial charge in [-0.1, -0.05) is 41.6 Å². The second-order valence-electron chi connectivity index (χ2n) is 7.09. The summed E-state index contributed by atoms with van der Waals surface area (Å²) in [5.41, 5.74) is 2.73. The molecule has 3 heterocycles. The lowest BCUT2D eigenvalue weighted by Crippen LogP contribution is -2.40. The molecule has 0 atom stereocenters. The van der Waals surface area contributed by atoms with E-state index in [9.17, 15) is 4.79 Å². The average molecular weight is 458 g/mol. The number of thioether (sulfide) groups is 2. The van der Waals surface area contributed by atoms with Crippen molar-refractivity contribution < 1.29 is 9.53 Å². The summed E-state index contributed by atoms with van der Waals surface area (Å²) in [6.45, 7) is 2.34. The molecule has 0 radical (unpaired) electrons. The van der Waals surface area contributed by atoms with Crippen LogP contribution in [0.25, 0.3) is 5.70 Å². The molecule has 5 rings (SSSR count). The SMILES string of the molecule is O=C1COc2c(C3=CSC4=NCCN34)cc(Cl)cc2N1CCCSc1ccccc1. The quantitative estimate of drug-likeness (QED) is 0.453. The molecule has 0 N–H and O–H groups in total. The molecule has 0 bridgehead atoms. The fourth-order valence-electron chi connectivity index (χ4n) is 3.77. The molecule has 30 heavy (non-hydrogen) atoms. The second kappa shape index (κ2) is 8.57. The third-order valence-corrected chi connectivity index (χ3v) is 7.37. The summed E-state index contributed by atoms with van der Waals surface area (Å²) in [6, 6.07) is 14.1. The molecule has 8 heteroatoms. The Hall–Kier alpha value is -2.09. The van der Waals surface area contributed by atoms with Crippen molar-refractivity contribution in [1.29, 1.82) is 0 Å². The Morgan fingerprint density at radius 2 is 2.10 bits per heavy atom. The number of carbonyl (C=O) groups excluding carboxylic acids is 1. The van der Waals surface area contributed by atoms with Gasteiger partial charge in [0.05, 0.1) is 17.9 Å². The van der Waals surface area contributed by atoms with Crippen LogP contribution >= 0.6 is 35.1 Å². The molecule has 0 saturated carbocycles.